The van der Waals surface area contributed by atoms with Crippen LogP contribution in [0.25, 0.3) is 0 Å². The van der Waals surface area contributed by atoms with E-state index in [1.807, 2.05) is 11.1 Å². The zero-order valence-electron chi connectivity index (χ0n) is 8.47. The van der Waals surface area contributed by atoms with Crippen molar-refractivity contribution in [2.75, 3.05) is 11.4 Å². The smallest absolute Gasteiger partial charge is 0.141 e. The minimum atomic E-state index is -0.328. The van der Waals surface area contributed by atoms with E-state index < -0.39 is 0 Å². The average Bonchev–Trinajstić information content (AvgIpc) is 2.74. The highest BCUT2D eigenvalue weighted by Gasteiger charge is 2.22. The van der Waals surface area contributed by atoms with E-state index in [-0.39, 0.29) is 5.82 Å². The SMILES string of the molecule is Fc1ccc(N2CCc3cncnc32)nc1. The third-order valence-corrected chi connectivity index (χ3v) is 2.61. The number of hydrogen-bond donors (Lipinski definition) is 0. The fourth-order valence-electron chi connectivity index (χ4n) is 1.86. The number of hydrogen-bond acceptors (Lipinski definition) is 4. The van der Waals surface area contributed by atoms with Gasteiger partial charge in [0.25, 0.3) is 0 Å². The van der Waals surface area contributed by atoms with Crippen LogP contribution in [0.1, 0.15) is 5.56 Å². The molecule has 0 amide bonds. The average molecular weight is 216 g/mol. The van der Waals surface area contributed by atoms with E-state index in [0.29, 0.717) is 0 Å². The van der Waals surface area contributed by atoms with Crippen molar-refractivity contribution >= 4 is 11.6 Å². The predicted octanol–water partition coefficient (Wildman–Crippen LogP) is 1.70. The molecule has 1 aliphatic heterocycles. The molecule has 16 heavy (non-hydrogen) atoms. The number of halogens is 1. The maximum atomic E-state index is 12.8. The first-order chi connectivity index (χ1) is 7.84. The third-order valence-electron chi connectivity index (χ3n) is 2.61. The molecule has 0 saturated heterocycles. The molecule has 80 valence electrons. The Morgan fingerprint density at radius 3 is 2.94 bits per heavy atom. The normalized spacial score (nSPS) is 13.9. The Labute approximate surface area is 91.8 Å². The topological polar surface area (TPSA) is 41.9 Å². The first-order valence-electron chi connectivity index (χ1n) is 5.02. The Balaban J connectivity index is 2.01. The van der Waals surface area contributed by atoms with Gasteiger partial charge in [-0.1, -0.05) is 0 Å². The van der Waals surface area contributed by atoms with Gasteiger partial charge in [0.15, 0.2) is 0 Å². The second-order valence-corrected chi connectivity index (χ2v) is 3.61. The molecule has 3 heterocycles. The van der Waals surface area contributed by atoms with Crippen LogP contribution in [-0.4, -0.2) is 21.5 Å². The van der Waals surface area contributed by atoms with Crippen molar-refractivity contribution in [3.63, 3.8) is 0 Å². The van der Waals surface area contributed by atoms with Crippen molar-refractivity contribution in [3.05, 3.63) is 42.2 Å². The zero-order valence-corrected chi connectivity index (χ0v) is 8.47. The van der Waals surface area contributed by atoms with Crippen LogP contribution in [0.2, 0.25) is 0 Å². The van der Waals surface area contributed by atoms with E-state index >= 15 is 0 Å². The van der Waals surface area contributed by atoms with Gasteiger partial charge in [-0.05, 0) is 18.6 Å². The molecule has 0 bridgehead atoms. The van der Waals surface area contributed by atoms with E-state index in [1.54, 1.807) is 6.07 Å². The van der Waals surface area contributed by atoms with Gasteiger partial charge in [0, 0.05) is 18.3 Å². The molecule has 0 radical (unpaired) electrons. The van der Waals surface area contributed by atoms with E-state index in [1.165, 1.54) is 18.6 Å². The summed E-state index contributed by atoms with van der Waals surface area (Å²) in [5.41, 5.74) is 1.11. The Hall–Kier alpha value is -2.04. The van der Waals surface area contributed by atoms with Crippen LogP contribution >= 0.6 is 0 Å². The van der Waals surface area contributed by atoms with E-state index in [2.05, 4.69) is 15.0 Å². The second-order valence-electron chi connectivity index (χ2n) is 3.61. The predicted molar refractivity (Wildman–Crippen MR) is 56.9 cm³/mol. The Morgan fingerprint density at radius 1 is 1.19 bits per heavy atom. The summed E-state index contributed by atoms with van der Waals surface area (Å²) in [6.07, 6.45) is 5.44. The molecule has 5 heteroatoms. The Morgan fingerprint density at radius 2 is 2.12 bits per heavy atom. The largest absolute Gasteiger partial charge is 0.310 e. The lowest BCUT2D eigenvalue weighted by atomic mass is 10.3. The maximum absolute atomic E-state index is 12.8. The van der Waals surface area contributed by atoms with Crippen LogP contribution in [0.4, 0.5) is 16.0 Å². The first kappa shape index (κ1) is 9.21. The van der Waals surface area contributed by atoms with Crippen LogP contribution in [0.5, 0.6) is 0 Å². The molecule has 0 fully saturated rings. The van der Waals surface area contributed by atoms with Crippen molar-refractivity contribution in [1.82, 2.24) is 15.0 Å². The monoisotopic (exact) mass is 216 g/mol. The van der Waals surface area contributed by atoms with Crippen molar-refractivity contribution in [1.29, 1.82) is 0 Å². The van der Waals surface area contributed by atoms with Gasteiger partial charge >= 0.3 is 0 Å². The van der Waals surface area contributed by atoms with Crippen LogP contribution < -0.4 is 4.90 Å². The molecule has 0 spiro atoms. The summed E-state index contributed by atoms with van der Waals surface area (Å²) < 4.78 is 12.8. The fraction of sp³-hybridized carbons (Fsp3) is 0.182. The van der Waals surface area contributed by atoms with Crippen molar-refractivity contribution in [2.24, 2.45) is 0 Å². The Bertz CT molecular complexity index is 512. The minimum absolute atomic E-state index is 0.328. The minimum Gasteiger partial charge on any atom is -0.310 e. The number of anilines is 2. The number of nitrogens with zero attached hydrogens (tertiary/aromatic N) is 4. The number of rotatable bonds is 1. The van der Waals surface area contributed by atoms with Crippen LogP contribution in [0.3, 0.4) is 0 Å². The lowest BCUT2D eigenvalue weighted by Gasteiger charge is -2.16. The lowest BCUT2D eigenvalue weighted by molar-refractivity contribution is 0.621. The highest BCUT2D eigenvalue weighted by Crippen LogP contribution is 2.30. The molecular formula is C11H9FN4. The quantitative estimate of drug-likeness (QED) is 0.727. The Kier molecular flexibility index (Phi) is 2.02. The van der Waals surface area contributed by atoms with Crippen molar-refractivity contribution < 1.29 is 4.39 Å². The lowest BCUT2D eigenvalue weighted by Crippen LogP contribution is -2.15. The van der Waals surface area contributed by atoms with Gasteiger partial charge in [-0.2, -0.15) is 0 Å². The van der Waals surface area contributed by atoms with Gasteiger partial charge in [0.1, 0.15) is 23.8 Å². The molecule has 1 aliphatic rings. The molecule has 0 N–H and O–H groups in total. The highest BCUT2D eigenvalue weighted by atomic mass is 19.1. The van der Waals surface area contributed by atoms with Gasteiger partial charge in [-0.25, -0.2) is 19.3 Å². The van der Waals surface area contributed by atoms with E-state index in [9.17, 15) is 4.39 Å². The summed E-state index contributed by atoms with van der Waals surface area (Å²) in [4.78, 5) is 14.2. The van der Waals surface area contributed by atoms with Gasteiger partial charge < -0.3 is 4.90 Å². The summed E-state index contributed by atoms with van der Waals surface area (Å²) in [6, 6.07) is 3.06. The molecule has 0 saturated carbocycles. The maximum Gasteiger partial charge on any atom is 0.141 e. The standard InChI is InChI=1S/C11H9FN4/c12-9-1-2-10(14-6-9)16-4-3-8-5-13-7-15-11(8)16/h1-2,5-7H,3-4H2. The van der Waals surface area contributed by atoms with Crippen LogP contribution in [0.15, 0.2) is 30.9 Å². The van der Waals surface area contributed by atoms with E-state index in [0.717, 1.165) is 30.2 Å². The van der Waals surface area contributed by atoms with E-state index in [4.69, 9.17) is 0 Å². The number of aromatic nitrogens is 3. The number of pyridine rings is 1. The first-order valence-corrected chi connectivity index (χ1v) is 5.02. The molecule has 0 unspecified atom stereocenters. The molecule has 3 rings (SSSR count). The third kappa shape index (κ3) is 1.41. The second kappa shape index (κ2) is 3.52. The van der Waals surface area contributed by atoms with Gasteiger partial charge in [0.2, 0.25) is 0 Å². The van der Waals surface area contributed by atoms with Crippen molar-refractivity contribution in [2.45, 2.75) is 6.42 Å². The summed E-state index contributed by atoms with van der Waals surface area (Å²) in [6.45, 7) is 0.812. The van der Waals surface area contributed by atoms with Crippen LogP contribution in [-0.2, 0) is 6.42 Å². The summed E-state index contributed by atoms with van der Waals surface area (Å²) in [7, 11) is 0. The van der Waals surface area contributed by atoms with Gasteiger partial charge in [-0.15, -0.1) is 0 Å². The molecule has 0 aliphatic carbocycles. The summed E-state index contributed by atoms with van der Waals surface area (Å²) in [5, 5.41) is 0. The highest BCUT2D eigenvalue weighted by molar-refractivity contribution is 5.62. The fourth-order valence-corrected chi connectivity index (χ4v) is 1.86. The molecule has 0 atom stereocenters. The molecular weight excluding hydrogens is 207 g/mol. The number of fused-ring (bicyclic) bond motifs is 1. The van der Waals surface area contributed by atoms with Gasteiger partial charge in [-0.3, -0.25) is 0 Å². The molecule has 0 aromatic carbocycles. The molecule has 2 aromatic heterocycles. The van der Waals surface area contributed by atoms with Crippen LogP contribution in [0, 0.1) is 5.82 Å². The zero-order chi connectivity index (χ0) is 11.0. The molecule has 4 nitrogen and oxygen atoms in total. The van der Waals surface area contributed by atoms with Crippen molar-refractivity contribution in [3.8, 4) is 0 Å². The summed E-state index contributed by atoms with van der Waals surface area (Å²) in [5.74, 6) is 1.26. The van der Waals surface area contributed by atoms with Gasteiger partial charge in [0.05, 0.1) is 6.20 Å². The molecule has 2 aromatic rings. The summed E-state index contributed by atoms with van der Waals surface area (Å²) >= 11 is 0.